The Hall–Kier alpha value is -1.03. The molecule has 0 bridgehead atoms. The highest BCUT2D eigenvalue weighted by molar-refractivity contribution is 8.15. The Kier molecular flexibility index (Phi) is 3.26. The van der Waals surface area contributed by atoms with Crippen LogP contribution < -0.4 is 5.32 Å². The number of aliphatic imine (C=N–C) groups is 1. The van der Waals surface area contributed by atoms with Crippen LogP contribution in [0.1, 0.15) is 13.8 Å². The lowest BCUT2D eigenvalue weighted by molar-refractivity contribution is 0.621. The number of amidine groups is 1. The van der Waals surface area contributed by atoms with E-state index in [1.54, 1.807) is 6.20 Å². The van der Waals surface area contributed by atoms with Crippen LogP contribution in [-0.2, 0) is 0 Å². The molecule has 2 rings (SSSR count). The lowest BCUT2D eigenvalue weighted by atomic mass is 10.1. The second kappa shape index (κ2) is 4.66. The maximum Gasteiger partial charge on any atom is 0.161 e. The van der Waals surface area contributed by atoms with E-state index < -0.39 is 0 Å². The normalized spacial score (nSPS) is 20.5. The van der Waals surface area contributed by atoms with Crippen LogP contribution in [0.15, 0.2) is 29.5 Å². The van der Waals surface area contributed by atoms with Crippen molar-refractivity contribution in [2.24, 2.45) is 10.9 Å². The van der Waals surface area contributed by atoms with E-state index in [0.29, 0.717) is 11.2 Å². The van der Waals surface area contributed by atoms with Gasteiger partial charge in [-0.2, -0.15) is 0 Å². The molecule has 1 aromatic heterocycles. The van der Waals surface area contributed by atoms with Crippen LogP contribution >= 0.6 is 11.8 Å². The van der Waals surface area contributed by atoms with Gasteiger partial charge in [-0.15, -0.1) is 0 Å². The first kappa shape index (κ1) is 10.5. The summed E-state index contributed by atoms with van der Waals surface area (Å²) >= 11 is 1.82. The number of anilines is 1. The monoisotopic (exact) mass is 221 g/mol. The number of aromatic nitrogens is 1. The first-order chi connectivity index (χ1) is 7.25. The molecule has 0 saturated heterocycles. The van der Waals surface area contributed by atoms with E-state index in [9.17, 15) is 0 Å². The molecule has 3 nitrogen and oxygen atoms in total. The van der Waals surface area contributed by atoms with E-state index in [4.69, 9.17) is 0 Å². The number of nitrogens with zero attached hydrogens (tertiary/aromatic N) is 2. The van der Waals surface area contributed by atoms with Crippen molar-refractivity contribution in [2.45, 2.75) is 19.1 Å². The average Bonchev–Trinajstić information content (AvgIpc) is 2.68. The number of hydrogen-bond donors (Lipinski definition) is 1. The van der Waals surface area contributed by atoms with E-state index in [1.165, 1.54) is 0 Å². The zero-order chi connectivity index (χ0) is 10.7. The zero-order valence-corrected chi connectivity index (χ0v) is 9.79. The third kappa shape index (κ3) is 2.72. The topological polar surface area (TPSA) is 37.3 Å². The fourth-order valence-corrected chi connectivity index (χ4v) is 2.40. The summed E-state index contributed by atoms with van der Waals surface area (Å²) in [6.07, 6.45) is 3.58. The summed E-state index contributed by atoms with van der Waals surface area (Å²) in [5, 5.41) is 4.91. The Bertz CT molecular complexity index is 348. The molecule has 4 heteroatoms. The van der Waals surface area contributed by atoms with Crippen molar-refractivity contribution >= 4 is 22.6 Å². The molecule has 1 aliphatic heterocycles. The second-order valence-electron chi connectivity index (χ2n) is 3.91. The molecule has 0 aromatic carbocycles. The quantitative estimate of drug-likeness (QED) is 0.834. The van der Waals surface area contributed by atoms with Crippen molar-refractivity contribution in [2.75, 3.05) is 11.9 Å². The smallest absolute Gasteiger partial charge is 0.161 e. The number of hydrogen-bond acceptors (Lipinski definition) is 4. The summed E-state index contributed by atoms with van der Waals surface area (Å²) in [6.45, 7) is 5.39. The van der Waals surface area contributed by atoms with Crippen molar-refractivity contribution < 1.29 is 0 Å². The van der Waals surface area contributed by atoms with Crippen LogP contribution in [0.3, 0.4) is 0 Å². The van der Waals surface area contributed by atoms with Crippen molar-refractivity contribution in [3.05, 3.63) is 24.5 Å². The highest BCUT2D eigenvalue weighted by atomic mass is 32.2. The minimum absolute atomic E-state index is 0.615. The molecule has 0 radical (unpaired) electrons. The molecular weight excluding hydrogens is 206 g/mol. The number of rotatable bonds is 2. The molecular formula is C11H15N3S. The molecule has 1 aliphatic rings. The lowest BCUT2D eigenvalue weighted by Crippen LogP contribution is -2.13. The van der Waals surface area contributed by atoms with Crippen molar-refractivity contribution in [1.82, 2.24) is 4.98 Å². The zero-order valence-electron chi connectivity index (χ0n) is 8.97. The molecule has 15 heavy (non-hydrogen) atoms. The van der Waals surface area contributed by atoms with E-state index >= 15 is 0 Å². The SMILES string of the molecule is CC(C)C1CN=C(Nc2cccnc2)S1. The molecule has 1 aromatic rings. The predicted molar refractivity (Wildman–Crippen MR) is 66.4 cm³/mol. The third-order valence-electron chi connectivity index (χ3n) is 2.33. The first-order valence-corrected chi connectivity index (χ1v) is 6.02. The molecule has 1 N–H and O–H groups in total. The first-order valence-electron chi connectivity index (χ1n) is 5.14. The van der Waals surface area contributed by atoms with Gasteiger partial charge >= 0.3 is 0 Å². The summed E-state index contributed by atoms with van der Waals surface area (Å²) in [4.78, 5) is 8.53. The van der Waals surface area contributed by atoms with Gasteiger partial charge in [0.15, 0.2) is 5.17 Å². The molecule has 0 saturated carbocycles. The van der Waals surface area contributed by atoms with Gasteiger partial charge in [-0.3, -0.25) is 9.98 Å². The standard InChI is InChI=1S/C11H15N3S/c1-8(2)10-7-13-11(15-10)14-9-4-3-5-12-6-9/h3-6,8,10H,7H2,1-2H3,(H,13,14). The molecule has 0 spiro atoms. The van der Waals surface area contributed by atoms with Gasteiger partial charge < -0.3 is 5.32 Å². The Morgan fingerprint density at radius 1 is 1.53 bits per heavy atom. The highest BCUT2D eigenvalue weighted by Gasteiger charge is 2.22. The molecule has 0 amide bonds. The maximum atomic E-state index is 4.47. The van der Waals surface area contributed by atoms with Gasteiger partial charge in [-0.25, -0.2) is 0 Å². The highest BCUT2D eigenvalue weighted by Crippen LogP contribution is 2.27. The average molecular weight is 221 g/mol. The molecule has 1 unspecified atom stereocenters. The molecule has 0 aliphatic carbocycles. The summed E-state index contributed by atoms with van der Waals surface area (Å²) in [5.41, 5.74) is 1.01. The Labute approximate surface area is 94.4 Å². The van der Waals surface area contributed by atoms with E-state index in [-0.39, 0.29) is 0 Å². The van der Waals surface area contributed by atoms with Crippen LogP contribution in [0.2, 0.25) is 0 Å². The number of nitrogens with one attached hydrogen (secondary N) is 1. The summed E-state index contributed by atoms with van der Waals surface area (Å²) in [6, 6.07) is 3.92. The van der Waals surface area contributed by atoms with E-state index in [0.717, 1.165) is 17.4 Å². The minimum Gasteiger partial charge on any atom is -0.334 e. The Morgan fingerprint density at radius 3 is 3.00 bits per heavy atom. The second-order valence-corrected chi connectivity index (χ2v) is 5.14. The van der Waals surface area contributed by atoms with Crippen LogP contribution in [0.5, 0.6) is 0 Å². The lowest BCUT2D eigenvalue weighted by Gasteiger charge is -2.11. The van der Waals surface area contributed by atoms with Crippen molar-refractivity contribution in [3.8, 4) is 0 Å². The van der Waals surface area contributed by atoms with Gasteiger partial charge in [0.1, 0.15) is 0 Å². The number of pyridine rings is 1. The molecule has 2 heterocycles. The predicted octanol–water partition coefficient (Wildman–Crippen LogP) is 2.62. The Morgan fingerprint density at radius 2 is 2.40 bits per heavy atom. The van der Waals surface area contributed by atoms with Gasteiger partial charge in [0.2, 0.25) is 0 Å². The molecule has 0 fully saturated rings. The summed E-state index contributed by atoms with van der Waals surface area (Å²) in [7, 11) is 0. The summed E-state index contributed by atoms with van der Waals surface area (Å²) in [5.74, 6) is 0.673. The summed E-state index contributed by atoms with van der Waals surface area (Å²) < 4.78 is 0. The molecule has 1 atom stereocenters. The van der Waals surface area contributed by atoms with Crippen molar-refractivity contribution in [3.63, 3.8) is 0 Å². The van der Waals surface area contributed by atoms with Gasteiger partial charge in [0.25, 0.3) is 0 Å². The van der Waals surface area contributed by atoms with Gasteiger partial charge in [0, 0.05) is 11.4 Å². The fourth-order valence-electron chi connectivity index (χ4n) is 1.37. The number of thioether (sulfide) groups is 1. The van der Waals surface area contributed by atoms with Crippen LogP contribution in [0, 0.1) is 5.92 Å². The Balaban J connectivity index is 1.93. The minimum atomic E-state index is 0.615. The van der Waals surface area contributed by atoms with E-state index in [2.05, 4.69) is 29.1 Å². The van der Waals surface area contributed by atoms with Crippen molar-refractivity contribution in [1.29, 1.82) is 0 Å². The fraction of sp³-hybridized carbons (Fsp3) is 0.455. The molecule has 80 valence electrons. The van der Waals surface area contributed by atoms with Gasteiger partial charge in [0.05, 0.1) is 18.4 Å². The maximum absolute atomic E-state index is 4.47. The van der Waals surface area contributed by atoms with Crippen LogP contribution in [0.25, 0.3) is 0 Å². The van der Waals surface area contributed by atoms with E-state index in [1.807, 2.05) is 30.1 Å². The van der Waals surface area contributed by atoms with Crippen LogP contribution in [-0.4, -0.2) is 21.9 Å². The third-order valence-corrected chi connectivity index (χ3v) is 3.78. The van der Waals surface area contributed by atoms with Crippen LogP contribution in [0.4, 0.5) is 5.69 Å². The van der Waals surface area contributed by atoms with Gasteiger partial charge in [-0.05, 0) is 18.1 Å². The largest absolute Gasteiger partial charge is 0.334 e. The van der Waals surface area contributed by atoms with Gasteiger partial charge in [-0.1, -0.05) is 25.6 Å².